The van der Waals surface area contributed by atoms with Crippen LogP contribution in [0.2, 0.25) is 0 Å². The number of rotatable bonds is 4. The van der Waals surface area contributed by atoms with Gasteiger partial charge in [-0.25, -0.2) is 9.97 Å². The van der Waals surface area contributed by atoms with Crippen molar-refractivity contribution in [3.05, 3.63) is 114 Å². The highest BCUT2D eigenvalue weighted by Crippen LogP contribution is 2.32. The van der Waals surface area contributed by atoms with Crippen LogP contribution in [0.15, 0.2) is 91.5 Å². The number of pyridine rings is 3. The molecule has 0 saturated heterocycles. The number of nitrogens with zero attached hydrogens (tertiary/aromatic N) is 5. The van der Waals surface area contributed by atoms with Gasteiger partial charge in [-0.2, -0.15) is 5.10 Å². The molecule has 8 heteroatoms. The van der Waals surface area contributed by atoms with Crippen LogP contribution in [-0.2, 0) is 7.05 Å². The van der Waals surface area contributed by atoms with Gasteiger partial charge in [-0.15, -0.1) is 0 Å². The molecule has 0 saturated carbocycles. The lowest BCUT2D eigenvalue weighted by atomic mass is 9.96. The largest absolute Gasteiger partial charge is 0.383 e. The van der Waals surface area contributed by atoms with Crippen molar-refractivity contribution in [1.29, 1.82) is 0 Å². The molecule has 0 unspecified atom stereocenters. The van der Waals surface area contributed by atoms with E-state index in [1.165, 1.54) is 0 Å². The Morgan fingerprint density at radius 3 is 2.65 bits per heavy atom. The molecule has 8 nitrogen and oxygen atoms in total. The Hall–Kier alpha value is -5.55. The molecule has 3 N–H and O–H groups in total. The third kappa shape index (κ3) is 4.72. The van der Waals surface area contributed by atoms with Crippen molar-refractivity contribution >= 4 is 33.5 Å². The van der Waals surface area contributed by atoms with Gasteiger partial charge < -0.3 is 11.1 Å². The van der Waals surface area contributed by atoms with Crippen molar-refractivity contribution in [3.63, 3.8) is 0 Å². The summed E-state index contributed by atoms with van der Waals surface area (Å²) in [6.45, 7) is 1.91. The molecular weight excluding hydrogens is 498 g/mol. The lowest BCUT2D eigenvalue weighted by Gasteiger charge is -2.19. The third-order valence-electron chi connectivity index (χ3n) is 6.68. The first-order valence-electron chi connectivity index (χ1n) is 12.8. The zero-order valence-electron chi connectivity index (χ0n) is 22.0. The van der Waals surface area contributed by atoms with E-state index in [9.17, 15) is 4.79 Å². The number of carbonyl (C=O) groups excluding carboxylic acids is 1. The quantitative estimate of drug-likeness (QED) is 0.313. The van der Waals surface area contributed by atoms with E-state index in [4.69, 9.17) is 10.7 Å². The number of aromatic nitrogens is 5. The Labute approximate surface area is 230 Å². The molecule has 1 amide bonds. The SMILES string of the molecule is C[C@@H](NC(=O)c1c(N)ncc2cccnc12)c1nc2cccc(C#Cc3cnn(C)c3)c2cc1-c1ccccc1. The molecule has 0 bridgehead atoms. The van der Waals surface area contributed by atoms with Crippen LogP contribution in [-0.4, -0.2) is 30.6 Å². The van der Waals surface area contributed by atoms with Gasteiger partial charge in [0.15, 0.2) is 0 Å². The van der Waals surface area contributed by atoms with E-state index in [1.54, 1.807) is 29.3 Å². The van der Waals surface area contributed by atoms with Gasteiger partial charge in [-0.3, -0.25) is 14.5 Å². The molecule has 6 aromatic rings. The maximum atomic E-state index is 13.5. The molecule has 0 radical (unpaired) electrons. The number of hydrogen-bond acceptors (Lipinski definition) is 6. The fourth-order valence-electron chi connectivity index (χ4n) is 4.74. The average molecular weight is 524 g/mol. The zero-order valence-corrected chi connectivity index (χ0v) is 22.0. The van der Waals surface area contributed by atoms with Gasteiger partial charge in [-0.05, 0) is 42.8 Å². The van der Waals surface area contributed by atoms with Crippen LogP contribution in [0.25, 0.3) is 32.9 Å². The Balaban J connectivity index is 1.44. The minimum atomic E-state index is -0.449. The third-order valence-corrected chi connectivity index (χ3v) is 6.68. The first-order chi connectivity index (χ1) is 19.5. The van der Waals surface area contributed by atoms with Crippen LogP contribution in [0.5, 0.6) is 0 Å². The Bertz CT molecular complexity index is 1950. The van der Waals surface area contributed by atoms with E-state index < -0.39 is 6.04 Å². The molecule has 4 heterocycles. The number of anilines is 1. The first-order valence-corrected chi connectivity index (χ1v) is 12.8. The number of aryl methyl sites for hydroxylation is 1. The van der Waals surface area contributed by atoms with Crippen molar-refractivity contribution in [1.82, 2.24) is 30.0 Å². The second kappa shape index (κ2) is 10.3. The minimum Gasteiger partial charge on any atom is -0.383 e. The predicted octanol–water partition coefficient (Wildman–Crippen LogP) is 5.05. The smallest absolute Gasteiger partial charge is 0.257 e. The normalized spacial score (nSPS) is 11.7. The van der Waals surface area contributed by atoms with Crippen molar-refractivity contribution in [2.24, 2.45) is 7.05 Å². The van der Waals surface area contributed by atoms with Crippen LogP contribution in [0, 0.1) is 11.8 Å². The molecule has 0 aliphatic rings. The number of fused-ring (bicyclic) bond motifs is 2. The maximum Gasteiger partial charge on any atom is 0.257 e. The highest BCUT2D eigenvalue weighted by molar-refractivity contribution is 6.09. The number of nitrogens with one attached hydrogen (secondary N) is 1. The molecule has 0 aliphatic carbocycles. The van der Waals surface area contributed by atoms with Gasteiger partial charge in [-0.1, -0.05) is 48.2 Å². The molecule has 0 spiro atoms. The van der Waals surface area contributed by atoms with E-state index in [0.717, 1.165) is 44.2 Å². The Kier molecular flexibility index (Phi) is 6.38. The van der Waals surface area contributed by atoms with Gasteiger partial charge in [0.05, 0.1) is 34.5 Å². The van der Waals surface area contributed by atoms with Crippen molar-refractivity contribution in [2.45, 2.75) is 13.0 Å². The average Bonchev–Trinajstić information content (AvgIpc) is 3.40. The summed E-state index contributed by atoms with van der Waals surface area (Å²) in [5.41, 5.74) is 12.0. The van der Waals surface area contributed by atoms with E-state index in [0.29, 0.717) is 5.52 Å². The lowest BCUT2D eigenvalue weighted by Crippen LogP contribution is -2.29. The van der Waals surface area contributed by atoms with Crippen LogP contribution in [0.3, 0.4) is 0 Å². The summed E-state index contributed by atoms with van der Waals surface area (Å²) in [5.74, 6) is 6.24. The fourth-order valence-corrected chi connectivity index (χ4v) is 4.74. The van der Waals surface area contributed by atoms with Crippen LogP contribution in [0.4, 0.5) is 5.82 Å². The van der Waals surface area contributed by atoms with Crippen molar-refractivity contribution in [2.75, 3.05) is 5.73 Å². The van der Waals surface area contributed by atoms with Crippen LogP contribution in [0.1, 0.15) is 40.1 Å². The van der Waals surface area contributed by atoms with Gasteiger partial charge >= 0.3 is 0 Å². The fraction of sp³-hybridized carbons (Fsp3) is 0.0938. The van der Waals surface area contributed by atoms with E-state index in [-0.39, 0.29) is 17.3 Å². The standard InChI is InChI=1S/C32H25N7O/c1-20(37-32(40)28-30-24(11-7-15-34-30)18-35-31(28)33)29-26(22-8-4-3-5-9-22)16-25-23(10-6-12-27(25)38-29)14-13-21-17-36-39(2)19-21/h3-12,15-20H,1-2H3,(H2,33,35)(H,37,40)/t20-/m1/s1. The molecular formula is C32H25N7O. The molecule has 40 heavy (non-hydrogen) atoms. The van der Waals surface area contributed by atoms with E-state index in [2.05, 4.69) is 38.3 Å². The van der Waals surface area contributed by atoms with Gasteiger partial charge in [0, 0.05) is 47.5 Å². The zero-order chi connectivity index (χ0) is 27.6. The first kappa shape index (κ1) is 24.8. The summed E-state index contributed by atoms with van der Waals surface area (Å²) in [4.78, 5) is 27.2. The van der Waals surface area contributed by atoms with Gasteiger partial charge in [0.1, 0.15) is 11.4 Å². The van der Waals surface area contributed by atoms with Crippen LogP contribution >= 0.6 is 0 Å². The van der Waals surface area contributed by atoms with Crippen molar-refractivity contribution in [3.8, 4) is 23.0 Å². The van der Waals surface area contributed by atoms with Gasteiger partial charge in [0.2, 0.25) is 0 Å². The molecule has 0 aliphatic heterocycles. The number of nitrogen functional groups attached to an aromatic ring is 1. The topological polar surface area (TPSA) is 112 Å². The second-order valence-corrected chi connectivity index (χ2v) is 9.47. The highest BCUT2D eigenvalue weighted by atomic mass is 16.1. The van der Waals surface area contributed by atoms with E-state index >= 15 is 0 Å². The number of hydrogen-bond donors (Lipinski definition) is 2. The summed E-state index contributed by atoms with van der Waals surface area (Å²) in [6.07, 6.45) is 6.87. The summed E-state index contributed by atoms with van der Waals surface area (Å²) in [5, 5.41) is 8.94. The Morgan fingerprint density at radius 1 is 1.00 bits per heavy atom. The molecule has 6 rings (SSSR count). The Morgan fingerprint density at radius 2 is 1.85 bits per heavy atom. The lowest BCUT2D eigenvalue weighted by molar-refractivity contribution is 0.0941. The molecule has 4 aromatic heterocycles. The van der Waals surface area contributed by atoms with Crippen molar-refractivity contribution < 1.29 is 4.79 Å². The van der Waals surface area contributed by atoms with Crippen LogP contribution < -0.4 is 11.1 Å². The maximum absolute atomic E-state index is 13.5. The minimum absolute atomic E-state index is 0.127. The second-order valence-electron chi connectivity index (χ2n) is 9.47. The highest BCUT2D eigenvalue weighted by Gasteiger charge is 2.22. The summed E-state index contributed by atoms with van der Waals surface area (Å²) in [6, 6.07) is 21.2. The summed E-state index contributed by atoms with van der Waals surface area (Å²) >= 11 is 0. The molecule has 1 atom stereocenters. The van der Waals surface area contributed by atoms with E-state index in [1.807, 2.05) is 74.8 Å². The number of benzene rings is 2. The number of amides is 1. The number of carbonyl (C=O) groups is 1. The summed E-state index contributed by atoms with van der Waals surface area (Å²) in [7, 11) is 1.86. The van der Waals surface area contributed by atoms with Gasteiger partial charge in [0.25, 0.3) is 5.91 Å². The number of nitrogens with two attached hydrogens (primary N) is 1. The predicted molar refractivity (Wildman–Crippen MR) is 156 cm³/mol. The molecule has 2 aromatic carbocycles. The monoisotopic (exact) mass is 523 g/mol. The molecule has 0 fully saturated rings. The summed E-state index contributed by atoms with van der Waals surface area (Å²) < 4.78 is 1.72. The molecule has 194 valence electrons.